The zero-order valence-corrected chi connectivity index (χ0v) is 13.3. The van der Waals surface area contributed by atoms with Gasteiger partial charge in [0.25, 0.3) is 5.91 Å². The summed E-state index contributed by atoms with van der Waals surface area (Å²) in [5.41, 5.74) is 4.16. The molecule has 0 aliphatic heterocycles. The van der Waals surface area contributed by atoms with Gasteiger partial charge in [-0.2, -0.15) is 5.10 Å². The number of anilines is 1. The van der Waals surface area contributed by atoms with Gasteiger partial charge >= 0.3 is 0 Å². The smallest absolute Gasteiger partial charge is 0.255 e. The van der Waals surface area contributed by atoms with Gasteiger partial charge in [-0.1, -0.05) is 12.1 Å². The molecule has 1 heterocycles. The summed E-state index contributed by atoms with van der Waals surface area (Å²) in [6.07, 6.45) is 3.70. The van der Waals surface area contributed by atoms with Crippen LogP contribution in [0.15, 0.2) is 55.1 Å². The topological polar surface area (TPSA) is 80.0 Å². The fraction of sp³-hybridized carbons (Fsp3) is 0.167. The lowest BCUT2D eigenvalue weighted by Gasteiger charge is -2.09. The van der Waals surface area contributed by atoms with E-state index in [2.05, 4.69) is 15.4 Å². The Bertz CT molecular complexity index is 827. The Labute approximate surface area is 139 Å². The number of nitrogens with one attached hydrogen (secondary N) is 1. The molecule has 2 aromatic carbocycles. The van der Waals surface area contributed by atoms with Crippen LogP contribution in [0.5, 0.6) is 0 Å². The van der Waals surface area contributed by atoms with Crippen LogP contribution in [0, 0.1) is 6.92 Å². The van der Waals surface area contributed by atoms with Crippen molar-refractivity contribution in [2.75, 3.05) is 11.9 Å². The Kier molecular flexibility index (Phi) is 4.67. The summed E-state index contributed by atoms with van der Waals surface area (Å²) >= 11 is 0. The largest absolute Gasteiger partial charge is 0.396 e. The maximum atomic E-state index is 12.4. The monoisotopic (exact) mass is 322 g/mol. The van der Waals surface area contributed by atoms with Crippen molar-refractivity contribution in [3.05, 3.63) is 71.8 Å². The molecule has 0 fully saturated rings. The predicted octanol–water partition coefficient (Wildman–Crippen LogP) is 2.36. The summed E-state index contributed by atoms with van der Waals surface area (Å²) in [4.78, 5) is 16.3. The van der Waals surface area contributed by atoms with Crippen molar-refractivity contribution in [3.63, 3.8) is 0 Å². The highest BCUT2D eigenvalue weighted by atomic mass is 16.3. The average Bonchev–Trinajstić information content (AvgIpc) is 3.11. The van der Waals surface area contributed by atoms with Crippen LogP contribution < -0.4 is 5.32 Å². The van der Waals surface area contributed by atoms with Gasteiger partial charge in [0.2, 0.25) is 0 Å². The van der Waals surface area contributed by atoms with Crippen molar-refractivity contribution >= 4 is 11.6 Å². The number of carbonyl (C=O) groups excluding carboxylic acids is 1. The van der Waals surface area contributed by atoms with Gasteiger partial charge in [0.15, 0.2) is 0 Å². The number of nitrogens with zero attached hydrogens (tertiary/aromatic N) is 3. The molecule has 1 amide bonds. The number of carbonyl (C=O) groups is 1. The molecule has 24 heavy (non-hydrogen) atoms. The molecule has 3 aromatic rings. The lowest BCUT2D eigenvalue weighted by atomic mass is 10.1. The molecule has 0 aliphatic rings. The van der Waals surface area contributed by atoms with Crippen molar-refractivity contribution in [2.45, 2.75) is 13.3 Å². The SMILES string of the molecule is Cc1cc(C(=O)Nc2ccc(CCO)cc2)ccc1-n1cncn1. The van der Waals surface area contributed by atoms with Crippen molar-refractivity contribution in [1.29, 1.82) is 0 Å². The molecule has 0 unspecified atom stereocenters. The fourth-order valence-corrected chi connectivity index (χ4v) is 2.47. The predicted molar refractivity (Wildman–Crippen MR) is 91.3 cm³/mol. The van der Waals surface area contributed by atoms with Crippen LogP contribution in [0.4, 0.5) is 5.69 Å². The first-order valence-electron chi connectivity index (χ1n) is 7.64. The minimum Gasteiger partial charge on any atom is -0.396 e. The molecule has 122 valence electrons. The van der Waals surface area contributed by atoms with Gasteiger partial charge in [0.05, 0.1) is 5.69 Å². The third kappa shape index (κ3) is 3.49. The van der Waals surface area contributed by atoms with Gasteiger partial charge in [-0.05, 0) is 54.8 Å². The molecule has 0 saturated heterocycles. The third-order valence-corrected chi connectivity index (χ3v) is 3.74. The quantitative estimate of drug-likeness (QED) is 0.756. The van der Waals surface area contributed by atoms with Crippen LogP contribution >= 0.6 is 0 Å². The van der Waals surface area contributed by atoms with Crippen LogP contribution in [-0.2, 0) is 6.42 Å². The first-order chi connectivity index (χ1) is 11.7. The van der Waals surface area contributed by atoms with E-state index in [-0.39, 0.29) is 12.5 Å². The number of rotatable bonds is 5. The highest BCUT2D eigenvalue weighted by Gasteiger charge is 2.09. The van der Waals surface area contributed by atoms with Gasteiger partial charge in [-0.15, -0.1) is 0 Å². The maximum absolute atomic E-state index is 12.4. The van der Waals surface area contributed by atoms with Gasteiger partial charge in [-0.25, -0.2) is 9.67 Å². The number of aliphatic hydroxyl groups excluding tert-OH is 1. The summed E-state index contributed by atoms with van der Waals surface area (Å²) in [5, 5.41) is 15.9. The van der Waals surface area contributed by atoms with E-state index in [1.54, 1.807) is 17.1 Å². The molecule has 0 radical (unpaired) electrons. The lowest BCUT2D eigenvalue weighted by molar-refractivity contribution is 0.102. The van der Waals surface area contributed by atoms with Crippen molar-refractivity contribution in [3.8, 4) is 5.69 Å². The van der Waals surface area contributed by atoms with E-state index in [0.29, 0.717) is 12.0 Å². The number of hydrogen-bond acceptors (Lipinski definition) is 4. The van der Waals surface area contributed by atoms with Gasteiger partial charge in [0, 0.05) is 17.9 Å². The Morgan fingerprint density at radius 3 is 2.62 bits per heavy atom. The number of aliphatic hydroxyl groups is 1. The highest BCUT2D eigenvalue weighted by molar-refractivity contribution is 6.04. The molecule has 6 nitrogen and oxygen atoms in total. The second kappa shape index (κ2) is 7.06. The van der Waals surface area contributed by atoms with E-state index in [1.165, 1.54) is 6.33 Å². The van der Waals surface area contributed by atoms with Gasteiger partial charge < -0.3 is 10.4 Å². The van der Waals surface area contributed by atoms with E-state index in [4.69, 9.17) is 5.11 Å². The summed E-state index contributed by atoms with van der Waals surface area (Å²) in [6, 6.07) is 12.9. The first-order valence-corrected chi connectivity index (χ1v) is 7.64. The minimum atomic E-state index is -0.168. The number of aryl methyl sites for hydroxylation is 1. The standard InChI is InChI=1S/C18H18N4O2/c1-13-10-15(4-7-17(13)22-12-19-11-20-22)18(24)21-16-5-2-14(3-6-16)8-9-23/h2-7,10-12,23H,8-9H2,1H3,(H,21,24). The minimum absolute atomic E-state index is 0.114. The zero-order chi connectivity index (χ0) is 16.9. The molecule has 6 heteroatoms. The summed E-state index contributed by atoms with van der Waals surface area (Å²) in [5.74, 6) is -0.168. The first kappa shape index (κ1) is 15.9. The van der Waals surface area contributed by atoms with Crippen LogP contribution in [0.1, 0.15) is 21.5 Å². The van der Waals surface area contributed by atoms with Crippen LogP contribution in [0.25, 0.3) is 5.69 Å². The Morgan fingerprint density at radius 2 is 2.00 bits per heavy atom. The number of amides is 1. The van der Waals surface area contributed by atoms with E-state index >= 15 is 0 Å². The van der Waals surface area contributed by atoms with Crippen LogP contribution in [0.2, 0.25) is 0 Å². The zero-order valence-electron chi connectivity index (χ0n) is 13.3. The van der Waals surface area contributed by atoms with E-state index in [0.717, 1.165) is 22.5 Å². The molecular formula is C18H18N4O2. The maximum Gasteiger partial charge on any atom is 0.255 e. The van der Waals surface area contributed by atoms with E-state index in [1.807, 2.05) is 43.3 Å². The molecule has 0 saturated carbocycles. The van der Waals surface area contributed by atoms with E-state index < -0.39 is 0 Å². The lowest BCUT2D eigenvalue weighted by Crippen LogP contribution is -2.12. The molecule has 0 atom stereocenters. The second-order valence-corrected chi connectivity index (χ2v) is 5.47. The van der Waals surface area contributed by atoms with Gasteiger partial charge in [-0.3, -0.25) is 4.79 Å². The summed E-state index contributed by atoms with van der Waals surface area (Å²) in [6.45, 7) is 2.04. The summed E-state index contributed by atoms with van der Waals surface area (Å²) in [7, 11) is 0. The third-order valence-electron chi connectivity index (χ3n) is 3.74. The number of aromatic nitrogens is 3. The summed E-state index contributed by atoms with van der Waals surface area (Å²) < 4.78 is 1.66. The Morgan fingerprint density at radius 1 is 1.21 bits per heavy atom. The van der Waals surface area contributed by atoms with E-state index in [9.17, 15) is 4.79 Å². The Balaban J connectivity index is 1.74. The normalized spacial score (nSPS) is 10.6. The van der Waals surface area contributed by atoms with Gasteiger partial charge in [0.1, 0.15) is 12.7 Å². The second-order valence-electron chi connectivity index (χ2n) is 5.47. The average molecular weight is 322 g/mol. The molecule has 0 spiro atoms. The molecule has 1 aromatic heterocycles. The molecule has 0 aliphatic carbocycles. The van der Waals surface area contributed by atoms with Crippen molar-refractivity contribution in [2.24, 2.45) is 0 Å². The molecular weight excluding hydrogens is 304 g/mol. The molecule has 3 rings (SSSR count). The molecule has 0 bridgehead atoms. The fourth-order valence-electron chi connectivity index (χ4n) is 2.47. The van der Waals surface area contributed by atoms with Crippen molar-refractivity contribution < 1.29 is 9.90 Å². The van der Waals surface area contributed by atoms with Crippen LogP contribution in [-0.4, -0.2) is 32.4 Å². The van der Waals surface area contributed by atoms with Crippen LogP contribution in [0.3, 0.4) is 0 Å². The van der Waals surface area contributed by atoms with Crippen molar-refractivity contribution in [1.82, 2.24) is 14.8 Å². The Hall–Kier alpha value is -2.99. The highest BCUT2D eigenvalue weighted by Crippen LogP contribution is 2.17. The number of benzene rings is 2. The number of hydrogen-bond donors (Lipinski definition) is 2. The molecule has 2 N–H and O–H groups in total.